The summed E-state index contributed by atoms with van der Waals surface area (Å²) in [5.74, 6) is 0. The molecule has 0 aliphatic rings. The number of nitrogens with one attached hydrogen (secondary N) is 1. The van der Waals surface area contributed by atoms with Crippen molar-refractivity contribution < 1.29 is 8.42 Å². The van der Waals surface area contributed by atoms with Gasteiger partial charge < -0.3 is 0 Å². The third kappa shape index (κ3) is 2.61. The zero-order valence-corrected chi connectivity index (χ0v) is 14.4. The van der Waals surface area contributed by atoms with Gasteiger partial charge in [0.1, 0.15) is 0 Å². The molecule has 7 heteroatoms. The van der Waals surface area contributed by atoms with Crippen LogP contribution < -0.4 is 10.3 Å². The highest BCUT2D eigenvalue weighted by Crippen LogP contribution is 2.28. The first-order chi connectivity index (χ1) is 11.3. The van der Waals surface area contributed by atoms with Gasteiger partial charge in [0.2, 0.25) is 10.0 Å². The molecule has 0 spiro atoms. The molecular weight excluding hydrogens is 326 g/mol. The number of aromatic nitrogens is 2. The molecule has 1 N–H and O–H groups in total. The van der Waals surface area contributed by atoms with Crippen molar-refractivity contribution in [2.75, 3.05) is 7.05 Å². The van der Waals surface area contributed by atoms with Gasteiger partial charge in [0.25, 0.3) is 5.56 Å². The van der Waals surface area contributed by atoms with Crippen molar-refractivity contribution >= 4 is 20.8 Å². The molecule has 3 aromatic rings. The van der Waals surface area contributed by atoms with Crippen LogP contribution in [-0.2, 0) is 17.1 Å². The van der Waals surface area contributed by atoms with Crippen LogP contribution in [0.2, 0.25) is 0 Å². The Hall–Kier alpha value is -2.51. The number of hydrogen-bond donors (Lipinski definition) is 1. The van der Waals surface area contributed by atoms with E-state index in [1.165, 1.54) is 11.7 Å². The predicted octanol–water partition coefficient (Wildman–Crippen LogP) is 1.82. The lowest BCUT2D eigenvalue weighted by molar-refractivity contribution is 0.587. The molecule has 0 fully saturated rings. The molecule has 3 rings (SSSR count). The van der Waals surface area contributed by atoms with Gasteiger partial charge in [0.05, 0.1) is 16.0 Å². The Bertz CT molecular complexity index is 1100. The van der Waals surface area contributed by atoms with Crippen LogP contribution >= 0.6 is 0 Å². The molecule has 1 aromatic heterocycles. The number of sulfonamides is 1. The van der Waals surface area contributed by atoms with Crippen LogP contribution in [0.4, 0.5) is 0 Å². The number of aryl methyl sites for hydroxylation is 2. The Labute approximate surface area is 139 Å². The van der Waals surface area contributed by atoms with Gasteiger partial charge in [-0.3, -0.25) is 4.79 Å². The number of nitrogens with zero attached hydrogens (tertiary/aromatic N) is 2. The largest absolute Gasteiger partial charge is 0.274 e. The average molecular weight is 343 g/mol. The summed E-state index contributed by atoms with van der Waals surface area (Å²) in [6.45, 7) is 1.74. The maximum absolute atomic E-state index is 12.2. The van der Waals surface area contributed by atoms with Crippen molar-refractivity contribution in [3.8, 4) is 11.3 Å². The Kier molecular flexibility index (Phi) is 3.98. The highest BCUT2D eigenvalue weighted by molar-refractivity contribution is 7.89. The van der Waals surface area contributed by atoms with Gasteiger partial charge in [-0.2, -0.15) is 5.10 Å². The zero-order valence-electron chi connectivity index (χ0n) is 13.6. The van der Waals surface area contributed by atoms with E-state index in [4.69, 9.17) is 0 Å². The Morgan fingerprint density at radius 1 is 1.08 bits per heavy atom. The lowest BCUT2D eigenvalue weighted by Crippen LogP contribution is -2.21. The fraction of sp³-hybridized carbons (Fsp3) is 0.176. The maximum atomic E-state index is 12.2. The van der Waals surface area contributed by atoms with E-state index in [9.17, 15) is 13.2 Å². The minimum absolute atomic E-state index is 0.190. The average Bonchev–Trinajstić information content (AvgIpc) is 2.58. The minimum Gasteiger partial charge on any atom is -0.267 e. The van der Waals surface area contributed by atoms with Crippen LogP contribution in [0.15, 0.2) is 52.2 Å². The molecular formula is C17H17N3O3S. The molecule has 0 amide bonds. The summed E-state index contributed by atoms with van der Waals surface area (Å²) >= 11 is 0. The molecule has 0 aliphatic heterocycles. The molecule has 0 saturated carbocycles. The quantitative estimate of drug-likeness (QED) is 0.786. The summed E-state index contributed by atoms with van der Waals surface area (Å²) < 4.78 is 28.0. The summed E-state index contributed by atoms with van der Waals surface area (Å²) in [6.07, 6.45) is 0. The third-order valence-electron chi connectivity index (χ3n) is 3.98. The van der Waals surface area contributed by atoms with E-state index in [2.05, 4.69) is 9.82 Å². The highest BCUT2D eigenvalue weighted by atomic mass is 32.2. The molecule has 0 unspecified atom stereocenters. The van der Waals surface area contributed by atoms with E-state index in [1.54, 1.807) is 38.2 Å². The van der Waals surface area contributed by atoms with Crippen molar-refractivity contribution in [1.82, 2.24) is 14.5 Å². The van der Waals surface area contributed by atoms with Crippen molar-refractivity contribution in [1.29, 1.82) is 0 Å². The Morgan fingerprint density at radius 2 is 1.75 bits per heavy atom. The van der Waals surface area contributed by atoms with Gasteiger partial charge in [-0.25, -0.2) is 17.8 Å². The summed E-state index contributed by atoms with van der Waals surface area (Å²) in [4.78, 5) is 12.4. The monoisotopic (exact) mass is 343 g/mol. The summed E-state index contributed by atoms with van der Waals surface area (Å²) in [7, 11) is -0.620. The number of hydrogen-bond acceptors (Lipinski definition) is 4. The van der Waals surface area contributed by atoms with Gasteiger partial charge in [-0.05, 0) is 31.7 Å². The van der Waals surface area contributed by atoms with E-state index in [0.717, 1.165) is 0 Å². The van der Waals surface area contributed by atoms with Gasteiger partial charge >= 0.3 is 0 Å². The Morgan fingerprint density at radius 3 is 2.42 bits per heavy atom. The molecule has 0 saturated heterocycles. The first-order valence-corrected chi connectivity index (χ1v) is 8.84. The number of rotatable bonds is 3. The van der Waals surface area contributed by atoms with Crippen LogP contribution in [0.25, 0.3) is 22.0 Å². The Balaban J connectivity index is 2.36. The predicted molar refractivity (Wildman–Crippen MR) is 93.4 cm³/mol. The van der Waals surface area contributed by atoms with Crippen LogP contribution in [0.1, 0.15) is 5.56 Å². The highest BCUT2D eigenvalue weighted by Gasteiger charge is 2.17. The van der Waals surface area contributed by atoms with Crippen LogP contribution in [0.3, 0.4) is 0 Å². The maximum Gasteiger partial charge on any atom is 0.274 e. The lowest BCUT2D eigenvalue weighted by Gasteiger charge is -2.11. The second kappa shape index (κ2) is 5.85. The summed E-state index contributed by atoms with van der Waals surface area (Å²) in [5, 5.41) is 5.58. The van der Waals surface area contributed by atoms with E-state index in [-0.39, 0.29) is 10.5 Å². The lowest BCUT2D eigenvalue weighted by atomic mass is 10.0. The standard InChI is InChI=1S/C17H17N3O3S/c1-11-8-9-12(10-15(11)24(22,23)18-2)16-13-6-4-5-7-14(13)17(21)20(3)19-16/h4-10,18H,1-3H3. The molecule has 0 aliphatic carbocycles. The first kappa shape index (κ1) is 16.4. The molecule has 6 nitrogen and oxygen atoms in total. The molecule has 2 aromatic carbocycles. The fourth-order valence-corrected chi connectivity index (χ4v) is 3.65. The number of benzene rings is 2. The third-order valence-corrected chi connectivity index (χ3v) is 5.53. The molecule has 0 bridgehead atoms. The molecule has 0 atom stereocenters. The van der Waals surface area contributed by atoms with Crippen molar-refractivity contribution in [3.63, 3.8) is 0 Å². The van der Waals surface area contributed by atoms with Crippen molar-refractivity contribution in [3.05, 3.63) is 58.4 Å². The topological polar surface area (TPSA) is 81.1 Å². The summed E-state index contributed by atoms with van der Waals surface area (Å²) in [5.41, 5.74) is 1.66. The smallest absolute Gasteiger partial charge is 0.267 e. The second-order valence-electron chi connectivity index (χ2n) is 5.51. The van der Waals surface area contributed by atoms with Crippen molar-refractivity contribution in [2.45, 2.75) is 11.8 Å². The van der Waals surface area contributed by atoms with Gasteiger partial charge in [0, 0.05) is 18.0 Å². The van der Waals surface area contributed by atoms with E-state index in [0.29, 0.717) is 27.6 Å². The molecule has 0 radical (unpaired) electrons. The first-order valence-electron chi connectivity index (χ1n) is 7.36. The van der Waals surface area contributed by atoms with Gasteiger partial charge in [-0.1, -0.05) is 30.3 Å². The van der Waals surface area contributed by atoms with Crippen LogP contribution in [-0.4, -0.2) is 25.2 Å². The van der Waals surface area contributed by atoms with Crippen molar-refractivity contribution in [2.24, 2.45) is 7.05 Å². The van der Waals surface area contributed by atoms with Crippen LogP contribution in [0, 0.1) is 6.92 Å². The fourth-order valence-electron chi connectivity index (χ4n) is 2.66. The molecule has 1 heterocycles. The van der Waals surface area contributed by atoms with Gasteiger partial charge in [-0.15, -0.1) is 0 Å². The van der Waals surface area contributed by atoms with Gasteiger partial charge in [0.15, 0.2) is 0 Å². The number of fused-ring (bicyclic) bond motifs is 1. The molecule has 24 heavy (non-hydrogen) atoms. The SMILES string of the molecule is CNS(=O)(=O)c1cc(-c2nn(C)c(=O)c3ccccc23)ccc1C. The van der Waals surface area contributed by atoms with E-state index < -0.39 is 10.0 Å². The summed E-state index contributed by atoms with van der Waals surface area (Å²) in [6, 6.07) is 12.3. The second-order valence-corrected chi connectivity index (χ2v) is 7.37. The van der Waals surface area contributed by atoms with E-state index >= 15 is 0 Å². The minimum atomic E-state index is -3.58. The van der Waals surface area contributed by atoms with E-state index in [1.807, 2.05) is 18.2 Å². The zero-order chi connectivity index (χ0) is 17.5. The van der Waals surface area contributed by atoms with Crippen LogP contribution in [0.5, 0.6) is 0 Å². The normalized spacial score (nSPS) is 11.8. The molecule has 124 valence electrons.